The van der Waals surface area contributed by atoms with Crippen LogP contribution in [0.15, 0.2) is 36.9 Å². The zero-order chi connectivity index (χ0) is 15.8. The lowest BCUT2D eigenvalue weighted by Crippen LogP contribution is -2.28. The van der Waals surface area contributed by atoms with Crippen LogP contribution in [-0.2, 0) is 13.5 Å². The molecule has 3 aromatic rings. The molecule has 3 aromatic heterocycles. The lowest BCUT2D eigenvalue weighted by atomic mass is 9.99. The SMILES string of the molecule is Cn1cc(C(=O)N2CC[C@@H](Cc3cnc4[nH]ccc4c3)C2)cn1. The van der Waals surface area contributed by atoms with Gasteiger partial charge in [-0.1, -0.05) is 0 Å². The van der Waals surface area contributed by atoms with Crippen LogP contribution in [0.4, 0.5) is 0 Å². The summed E-state index contributed by atoms with van der Waals surface area (Å²) in [4.78, 5) is 21.9. The van der Waals surface area contributed by atoms with E-state index in [9.17, 15) is 4.79 Å². The summed E-state index contributed by atoms with van der Waals surface area (Å²) in [6, 6.07) is 4.23. The molecular weight excluding hydrogens is 290 g/mol. The van der Waals surface area contributed by atoms with Crippen molar-refractivity contribution in [1.82, 2.24) is 24.6 Å². The fourth-order valence-corrected chi connectivity index (χ4v) is 3.33. The molecule has 1 N–H and O–H groups in total. The Morgan fingerprint density at radius 2 is 2.35 bits per heavy atom. The van der Waals surface area contributed by atoms with Crippen LogP contribution in [0.3, 0.4) is 0 Å². The van der Waals surface area contributed by atoms with Crippen LogP contribution in [0.2, 0.25) is 0 Å². The summed E-state index contributed by atoms with van der Waals surface area (Å²) in [5, 5.41) is 5.22. The second-order valence-corrected chi connectivity index (χ2v) is 6.27. The second kappa shape index (κ2) is 5.53. The van der Waals surface area contributed by atoms with Gasteiger partial charge in [0, 0.05) is 44.1 Å². The first-order valence-electron chi connectivity index (χ1n) is 7.89. The van der Waals surface area contributed by atoms with Gasteiger partial charge in [-0.25, -0.2) is 4.98 Å². The van der Waals surface area contributed by atoms with E-state index in [-0.39, 0.29) is 5.91 Å². The van der Waals surface area contributed by atoms with Crippen molar-refractivity contribution in [3.8, 4) is 0 Å². The van der Waals surface area contributed by atoms with Gasteiger partial charge in [0.25, 0.3) is 5.91 Å². The Morgan fingerprint density at radius 3 is 3.17 bits per heavy atom. The van der Waals surface area contributed by atoms with E-state index in [0.29, 0.717) is 11.5 Å². The number of fused-ring (bicyclic) bond motifs is 1. The quantitative estimate of drug-likeness (QED) is 0.804. The summed E-state index contributed by atoms with van der Waals surface area (Å²) in [5.41, 5.74) is 2.83. The van der Waals surface area contributed by atoms with Gasteiger partial charge in [-0.3, -0.25) is 9.48 Å². The van der Waals surface area contributed by atoms with Crippen LogP contribution in [0.5, 0.6) is 0 Å². The van der Waals surface area contributed by atoms with Crippen LogP contribution in [0.1, 0.15) is 22.3 Å². The lowest BCUT2D eigenvalue weighted by molar-refractivity contribution is 0.0787. The number of hydrogen-bond acceptors (Lipinski definition) is 3. The van der Waals surface area contributed by atoms with Gasteiger partial charge in [0.05, 0.1) is 11.8 Å². The summed E-state index contributed by atoms with van der Waals surface area (Å²) in [6.07, 6.45) is 9.26. The van der Waals surface area contributed by atoms with Crippen molar-refractivity contribution >= 4 is 16.9 Å². The van der Waals surface area contributed by atoms with Gasteiger partial charge in [0.15, 0.2) is 0 Å². The molecule has 0 radical (unpaired) electrons. The van der Waals surface area contributed by atoms with E-state index in [1.54, 1.807) is 17.1 Å². The molecule has 0 unspecified atom stereocenters. The molecule has 1 fully saturated rings. The maximum absolute atomic E-state index is 12.5. The molecule has 6 heteroatoms. The fourth-order valence-electron chi connectivity index (χ4n) is 3.33. The number of nitrogens with zero attached hydrogens (tertiary/aromatic N) is 4. The third kappa shape index (κ3) is 2.72. The molecule has 23 heavy (non-hydrogen) atoms. The highest BCUT2D eigenvalue weighted by Crippen LogP contribution is 2.23. The monoisotopic (exact) mass is 309 g/mol. The number of amides is 1. The minimum Gasteiger partial charge on any atom is -0.346 e. The number of aryl methyl sites for hydroxylation is 1. The molecule has 1 amide bonds. The fraction of sp³-hybridized carbons (Fsp3) is 0.353. The molecule has 1 aliphatic rings. The Morgan fingerprint density at radius 1 is 1.43 bits per heavy atom. The highest BCUT2D eigenvalue weighted by molar-refractivity contribution is 5.93. The predicted octanol–water partition coefficient (Wildman–Crippen LogP) is 2.00. The van der Waals surface area contributed by atoms with Crippen molar-refractivity contribution in [2.45, 2.75) is 12.8 Å². The maximum atomic E-state index is 12.5. The average Bonchev–Trinajstić information content (AvgIpc) is 3.26. The molecule has 0 saturated carbocycles. The minimum absolute atomic E-state index is 0.0832. The number of H-pyrrole nitrogens is 1. The number of aromatic amines is 1. The Balaban J connectivity index is 1.42. The van der Waals surface area contributed by atoms with Crippen molar-refractivity contribution in [3.63, 3.8) is 0 Å². The van der Waals surface area contributed by atoms with Gasteiger partial charge in [-0.15, -0.1) is 0 Å². The molecule has 1 aliphatic heterocycles. The van der Waals surface area contributed by atoms with Gasteiger partial charge in [0.2, 0.25) is 0 Å². The Hall–Kier alpha value is -2.63. The number of aromatic nitrogens is 4. The van der Waals surface area contributed by atoms with Gasteiger partial charge in [-0.05, 0) is 36.5 Å². The van der Waals surface area contributed by atoms with E-state index in [4.69, 9.17) is 0 Å². The maximum Gasteiger partial charge on any atom is 0.257 e. The van der Waals surface area contributed by atoms with Crippen molar-refractivity contribution in [2.24, 2.45) is 13.0 Å². The summed E-state index contributed by atoms with van der Waals surface area (Å²) in [6.45, 7) is 1.62. The van der Waals surface area contributed by atoms with E-state index in [1.165, 1.54) is 5.56 Å². The molecule has 6 nitrogen and oxygen atoms in total. The number of nitrogens with one attached hydrogen (secondary N) is 1. The number of carbonyl (C=O) groups is 1. The Kier molecular flexibility index (Phi) is 3.37. The number of likely N-dealkylation sites (tertiary alicyclic amines) is 1. The number of rotatable bonds is 3. The van der Waals surface area contributed by atoms with E-state index < -0.39 is 0 Å². The molecule has 4 rings (SSSR count). The third-order valence-electron chi connectivity index (χ3n) is 4.51. The highest BCUT2D eigenvalue weighted by Gasteiger charge is 2.27. The first-order chi connectivity index (χ1) is 11.2. The summed E-state index contributed by atoms with van der Waals surface area (Å²) in [7, 11) is 1.83. The zero-order valence-corrected chi connectivity index (χ0v) is 13.1. The molecule has 1 saturated heterocycles. The van der Waals surface area contributed by atoms with Gasteiger partial charge < -0.3 is 9.88 Å². The van der Waals surface area contributed by atoms with E-state index >= 15 is 0 Å². The third-order valence-corrected chi connectivity index (χ3v) is 4.51. The topological polar surface area (TPSA) is 66.8 Å². The van der Waals surface area contributed by atoms with Crippen molar-refractivity contribution in [3.05, 3.63) is 48.0 Å². The van der Waals surface area contributed by atoms with Crippen LogP contribution in [0, 0.1) is 5.92 Å². The molecular formula is C17H19N5O. The van der Waals surface area contributed by atoms with Crippen LogP contribution in [-0.4, -0.2) is 43.6 Å². The highest BCUT2D eigenvalue weighted by atomic mass is 16.2. The van der Waals surface area contributed by atoms with E-state index in [1.807, 2.05) is 30.4 Å². The standard InChI is InChI=1S/C17H19N5O/c1-21-11-15(9-20-21)17(23)22-5-3-12(10-22)6-13-7-14-2-4-18-16(14)19-8-13/h2,4,7-9,11-12H,3,5-6,10H2,1H3,(H,18,19)/t12-/m0/s1. The zero-order valence-electron chi connectivity index (χ0n) is 13.1. The van der Waals surface area contributed by atoms with Crippen molar-refractivity contribution < 1.29 is 4.79 Å². The second-order valence-electron chi connectivity index (χ2n) is 6.27. The summed E-state index contributed by atoms with van der Waals surface area (Å²) in [5.74, 6) is 0.577. The summed E-state index contributed by atoms with van der Waals surface area (Å²) >= 11 is 0. The molecule has 0 spiro atoms. The predicted molar refractivity (Wildman–Crippen MR) is 87.0 cm³/mol. The molecule has 118 valence electrons. The van der Waals surface area contributed by atoms with E-state index in [2.05, 4.69) is 21.1 Å². The molecule has 4 heterocycles. The van der Waals surface area contributed by atoms with E-state index in [0.717, 1.165) is 37.0 Å². The Labute approximate surface area is 134 Å². The normalized spacial score (nSPS) is 18.0. The number of pyridine rings is 1. The summed E-state index contributed by atoms with van der Waals surface area (Å²) < 4.78 is 1.67. The molecule has 0 aliphatic carbocycles. The van der Waals surface area contributed by atoms with Crippen LogP contribution < -0.4 is 0 Å². The first-order valence-corrected chi connectivity index (χ1v) is 7.89. The van der Waals surface area contributed by atoms with Crippen LogP contribution >= 0.6 is 0 Å². The van der Waals surface area contributed by atoms with Gasteiger partial charge in [0.1, 0.15) is 5.65 Å². The number of carbonyl (C=O) groups excluding carboxylic acids is 1. The largest absolute Gasteiger partial charge is 0.346 e. The average molecular weight is 309 g/mol. The first kappa shape index (κ1) is 14.0. The minimum atomic E-state index is 0.0832. The van der Waals surface area contributed by atoms with Crippen molar-refractivity contribution in [1.29, 1.82) is 0 Å². The van der Waals surface area contributed by atoms with Gasteiger partial charge >= 0.3 is 0 Å². The Bertz CT molecular complexity index is 849. The smallest absolute Gasteiger partial charge is 0.257 e. The molecule has 0 aromatic carbocycles. The van der Waals surface area contributed by atoms with Gasteiger partial charge in [-0.2, -0.15) is 5.10 Å². The molecule has 1 atom stereocenters. The van der Waals surface area contributed by atoms with Crippen LogP contribution in [0.25, 0.3) is 11.0 Å². The molecule has 0 bridgehead atoms. The number of hydrogen-bond donors (Lipinski definition) is 1. The lowest BCUT2D eigenvalue weighted by Gasteiger charge is -2.15. The van der Waals surface area contributed by atoms with Crippen molar-refractivity contribution in [2.75, 3.05) is 13.1 Å².